The van der Waals surface area contributed by atoms with Gasteiger partial charge in [0, 0.05) is 50.9 Å². The van der Waals surface area contributed by atoms with Crippen LogP contribution in [0.5, 0.6) is 0 Å². The smallest absolute Gasteiger partial charge is 0.252 e. The van der Waals surface area contributed by atoms with Crippen LogP contribution in [0.1, 0.15) is 156 Å². The van der Waals surface area contributed by atoms with Crippen molar-refractivity contribution in [2.24, 2.45) is 0 Å². The molecule has 1 aliphatic carbocycles. The van der Waals surface area contributed by atoms with Crippen molar-refractivity contribution in [3.8, 4) is 0 Å². The van der Waals surface area contributed by atoms with E-state index in [1.54, 1.807) is 0 Å². The van der Waals surface area contributed by atoms with E-state index >= 15 is 0 Å². The minimum absolute atomic E-state index is 0.00914. The molecule has 0 saturated heterocycles. The van der Waals surface area contributed by atoms with Crippen LogP contribution in [0.2, 0.25) is 0 Å². The fraction of sp³-hybridized carbons (Fsp3) is 0.410. The highest BCUT2D eigenvalue weighted by molar-refractivity contribution is 7.00. The first-order chi connectivity index (χ1) is 30.4. The van der Waals surface area contributed by atoms with Gasteiger partial charge in [0.1, 0.15) is 0 Å². The maximum atomic E-state index is 2.78. The normalized spacial score (nSPS) is 20.3. The van der Waals surface area contributed by atoms with Gasteiger partial charge in [-0.05, 0) is 159 Å². The molecule has 0 spiro atoms. The molecule has 4 aliphatic rings. The molecule has 3 aliphatic heterocycles. The highest BCUT2D eigenvalue weighted by atomic mass is 15.3. The molecule has 65 heavy (non-hydrogen) atoms. The average molecular weight is 858 g/mol. The maximum absolute atomic E-state index is 2.78. The topological polar surface area (TPSA) is 9.72 Å². The van der Waals surface area contributed by atoms with Crippen LogP contribution in [0.15, 0.2) is 115 Å². The summed E-state index contributed by atoms with van der Waals surface area (Å²) in [5.74, 6) is 0. The van der Waals surface area contributed by atoms with E-state index in [4.69, 9.17) is 0 Å². The molecule has 1 saturated carbocycles. The molecule has 0 bridgehead atoms. The number of rotatable bonds is 3. The average Bonchev–Trinajstić information content (AvgIpc) is 3.44. The van der Waals surface area contributed by atoms with E-state index in [0.717, 1.165) is 0 Å². The molecular formula is C61H72BN3. The zero-order chi connectivity index (χ0) is 46.4. The highest BCUT2D eigenvalue weighted by Crippen LogP contribution is 2.61. The van der Waals surface area contributed by atoms with Gasteiger partial charge >= 0.3 is 0 Å². The number of anilines is 8. The molecule has 1 fully saturated rings. The second-order valence-corrected chi connectivity index (χ2v) is 24.8. The molecule has 2 atom stereocenters. The van der Waals surface area contributed by atoms with E-state index in [9.17, 15) is 0 Å². The zero-order valence-corrected chi connectivity index (χ0v) is 42.2. The number of fused-ring (bicyclic) bond motifs is 7. The highest BCUT2D eigenvalue weighted by Gasteiger charge is 2.58. The monoisotopic (exact) mass is 858 g/mol. The molecule has 6 aromatic carbocycles. The summed E-state index contributed by atoms with van der Waals surface area (Å²) in [7, 11) is 0. The first-order valence-electron chi connectivity index (χ1n) is 24.6. The molecule has 334 valence electrons. The summed E-state index contributed by atoms with van der Waals surface area (Å²) in [5, 5.41) is 0. The van der Waals surface area contributed by atoms with E-state index in [1.807, 2.05) is 0 Å². The van der Waals surface area contributed by atoms with Gasteiger partial charge in [-0.2, -0.15) is 0 Å². The lowest BCUT2D eigenvalue weighted by Crippen LogP contribution is -2.61. The Morgan fingerprint density at radius 2 is 0.954 bits per heavy atom. The van der Waals surface area contributed by atoms with Gasteiger partial charge in [0.15, 0.2) is 0 Å². The lowest BCUT2D eigenvalue weighted by Gasteiger charge is -2.50. The standard InChI is InChI=1S/C61H72BN3/c1-39-33-53-55-54(34-39)64(45-20-18-19-41(35-45)57(5,6)7)51-37-43(59(11,12)13)23-28-48(51)62(55)49-29-27-46(38-52(49)63(53)44-25-21-40(22-26-44)56(2,3)4)65-50-30-24-42(58(8,9)10)36-47(50)60(14)31-16-17-32-61(60,65)15/h18-30,33-38H,16-17,31-32H2,1-15H3. The summed E-state index contributed by atoms with van der Waals surface area (Å²) >= 11 is 0. The first kappa shape index (κ1) is 43.7. The first-order valence-corrected chi connectivity index (χ1v) is 24.6. The summed E-state index contributed by atoms with van der Waals surface area (Å²) in [5.41, 5.74) is 22.6. The Labute approximate surface area is 392 Å². The van der Waals surface area contributed by atoms with Crippen LogP contribution < -0.4 is 31.1 Å². The predicted octanol–water partition coefficient (Wildman–Crippen LogP) is 15.0. The molecule has 0 N–H and O–H groups in total. The third-order valence-electron chi connectivity index (χ3n) is 16.3. The minimum Gasteiger partial charge on any atom is -0.334 e. The summed E-state index contributed by atoms with van der Waals surface area (Å²) in [6.07, 6.45) is 4.90. The number of aryl methyl sites for hydroxylation is 1. The molecule has 3 heterocycles. The van der Waals surface area contributed by atoms with Crippen molar-refractivity contribution in [3.05, 3.63) is 149 Å². The van der Waals surface area contributed by atoms with E-state index in [0.29, 0.717) is 0 Å². The largest absolute Gasteiger partial charge is 0.334 e. The second kappa shape index (κ2) is 14.4. The van der Waals surface area contributed by atoms with E-state index < -0.39 is 0 Å². The summed E-state index contributed by atoms with van der Waals surface area (Å²) in [6, 6.07) is 46.1. The Morgan fingerprint density at radius 1 is 0.446 bits per heavy atom. The Hall–Kier alpha value is -5.22. The molecular weight excluding hydrogens is 786 g/mol. The Balaban J connectivity index is 1.26. The van der Waals surface area contributed by atoms with Gasteiger partial charge < -0.3 is 14.7 Å². The van der Waals surface area contributed by atoms with Crippen molar-refractivity contribution >= 4 is 68.6 Å². The van der Waals surface area contributed by atoms with E-state index in [1.165, 1.54) is 121 Å². The van der Waals surface area contributed by atoms with Crippen LogP contribution in [0.4, 0.5) is 45.5 Å². The molecule has 0 radical (unpaired) electrons. The third kappa shape index (κ3) is 6.73. The fourth-order valence-electron chi connectivity index (χ4n) is 12.1. The number of hydrogen-bond acceptors (Lipinski definition) is 3. The molecule has 6 aromatic rings. The maximum Gasteiger partial charge on any atom is 0.252 e. The molecule has 0 amide bonds. The lowest BCUT2D eigenvalue weighted by atomic mass is 9.33. The summed E-state index contributed by atoms with van der Waals surface area (Å²) in [4.78, 5) is 7.99. The van der Waals surface area contributed by atoms with Crippen molar-refractivity contribution in [2.45, 2.75) is 162 Å². The van der Waals surface area contributed by atoms with Crippen molar-refractivity contribution in [1.82, 2.24) is 0 Å². The van der Waals surface area contributed by atoms with Gasteiger partial charge in [-0.25, -0.2) is 0 Å². The molecule has 0 aromatic heterocycles. The van der Waals surface area contributed by atoms with Crippen molar-refractivity contribution in [1.29, 1.82) is 0 Å². The number of benzene rings is 6. The van der Waals surface area contributed by atoms with E-state index in [-0.39, 0.29) is 39.3 Å². The van der Waals surface area contributed by atoms with Crippen LogP contribution in [0.3, 0.4) is 0 Å². The zero-order valence-electron chi connectivity index (χ0n) is 42.2. The SMILES string of the molecule is Cc1cc2c3c(c1)N(c1cccc(C(C)(C)C)c1)c1cc(C(C)(C)C)ccc1B3c1ccc(N3c4ccc(C(C)(C)C)cc4C4(C)CCCCC34C)cc1N2c1ccc(C(C)(C)C)cc1. The van der Waals surface area contributed by atoms with Crippen LogP contribution in [-0.4, -0.2) is 12.3 Å². The van der Waals surface area contributed by atoms with Gasteiger partial charge in [0.05, 0.1) is 5.54 Å². The molecule has 2 unspecified atom stereocenters. The summed E-state index contributed by atoms with van der Waals surface area (Å²) in [6.45, 7) is 35.5. The summed E-state index contributed by atoms with van der Waals surface area (Å²) < 4.78 is 0. The van der Waals surface area contributed by atoms with Crippen molar-refractivity contribution in [2.75, 3.05) is 14.7 Å². The van der Waals surface area contributed by atoms with Crippen LogP contribution in [0, 0.1) is 6.92 Å². The Bertz CT molecular complexity index is 2880. The Morgan fingerprint density at radius 3 is 1.58 bits per heavy atom. The van der Waals surface area contributed by atoms with Crippen molar-refractivity contribution in [3.63, 3.8) is 0 Å². The molecule has 4 heteroatoms. The van der Waals surface area contributed by atoms with E-state index in [2.05, 4.69) is 234 Å². The van der Waals surface area contributed by atoms with Gasteiger partial charge in [-0.1, -0.05) is 157 Å². The number of hydrogen-bond donors (Lipinski definition) is 0. The quantitative estimate of drug-likeness (QED) is 0.164. The lowest BCUT2D eigenvalue weighted by molar-refractivity contribution is 0.195. The van der Waals surface area contributed by atoms with Gasteiger partial charge in [-0.15, -0.1) is 0 Å². The van der Waals surface area contributed by atoms with Crippen LogP contribution in [-0.2, 0) is 27.1 Å². The molecule has 10 rings (SSSR count). The third-order valence-corrected chi connectivity index (χ3v) is 16.3. The number of nitrogens with zero attached hydrogens (tertiary/aromatic N) is 3. The minimum atomic E-state index is -0.0588. The van der Waals surface area contributed by atoms with Crippen LogP contribution >= 0.6 is 0 Å². The van der Waals surface area contributed by atoms with Gasteiger partial charge in [0.25, 0.3) is 6.71 Å². The molecule has 3 nitrogen and oxygen atoms in total. The van der Waals surface area contributed by atoms with Gasteiger partial charge in [-0.3, -0.25) is 0 Å². The fourth-order valence-corrected chi connectivity index (χ4v) is 12.1. The Kier molecular flexibility index (Phi) is 9.67. The van der Waals surface area contributed by atoms with Gasteiger partial charge in [0.2, 0.25) is 0 Å². The van der Waals surface area contributed by atoms with Crippen molar-refractivity contribution < 1.29 is 0 Å². The predicted molar refractivity (Wildman–Crippen MR) is 283 cm³/mol. The second-order valence-electron chi connectivity index (χ2n) is 24.8. The van der Waals surface area contributed by atoms with Crippen LogP contribution in [0.25, 0.3) is 0 Å².